The molecule has 3 aromatic rings. The molecule has 3 rings (SSSR count). The quantitative estimate of drug-likeness (QED) is 0.494. The number of rotatable bonds is 7. The van der Waals surface area contributed by atoms with Gasteiger partial charge in [-0.05, 0) is 25.5 Å². The maximum Gasteiger partial charge on any atom is 0.265 e. The average Bonchev–Trinajstić information content (AvgIpc) is 3.32. The van der Waals surface area contributed by atoms with E-state index in [1.807, 2.05) is 0 Å². The maximum atomic E-state index is 12.2. The van der Waals surface area contributed by atoms with Crippen molar-refractivity contribution in [1.29, 1.82) is 0 Å². The van der Waals surface area contributed by atoms with E-state index >= 15 is 0 Å². The first kappa shape index (κ1) is 22.3. The van der Waals surface area contributed by atoms with Gasteiger partial charge < -0.3 is 15.2 Å². The molecule has 162 valence electrons. The summed E-state index contributed by atoms with van der Waals surface area (Å²) in [6.07, 6.45) is 1.96. The van der Waals surface area contributed by atoms with E-state index in [1.54, 1.807) is 32.5 Å². The molecule has 3 amide bonds. The smallest absolute Gasteiger partial charge is 0.265 e. The van der Waals surface area contributed by atoms with E-state index in [2.05, 4.69) is 25.6 Å². The number of aromatic nitrogens is 3. The molecule has 31 heavy (non-hydrogen) atoms. The first-order valence-corrected chi connectivity index (χ1v) is 10.9. The second-order valence-electron chi connectivity index (χ2n) is 6.69. The summed E-state index contributed by atoms with van der Waals surface area (Å²) < 4.78 is 0. The van der Waals surface area contributed by atoms with Crippen molar-refractivity contribution < 1.29 is 14.4 Å². The van der Waals surface area contributed by atoms with Crippen LogP contribution in [0.15, 0.2) is 28.5 Å². The fraction of sp³-hybridized carbons (Fsp3) is 0.263. The van der Waals surface area contributed by atoms with Gasteiger partial charge >= 0.3 is 0 Å². The molecule has 3 N–H and O–H groups in total. The van der Waals surface area contributed by atoms with Crippen LogP contribution in [0.5, 0.6) is 0 Å². The number of thiazole rings is 2. The number of carbonyl (C=O) groups excluding carboxylic acids is 3. The van der Waals surface area contributed by atoms with E-state index in [0.717, 1.165) is 11.3 Å². The predicted octanol–water partition coefficient (Wildman–Crippen LogP) is 2.12. The minimum atomic E-state index is -0.553. The van der Waals surface area contributed by atoms with Crippen molar-refractivity contribution in [3.63, 3.8) is 0 Å². The Hall–Kier alpha value is -3.38. The van der Waals surface area contributed by atoms with Crippen molar-refractivity contribution in [2.24, 2.45) is 0 Å². The van der Waals surface area contributed by atoms with Crippen LogP contribution in [0.3, 0.4) is 0 Å². The van der Waals surface area contributed by atoms with Crippen molar-refractivity contribution in [3.8, 4) is 0 Å². The largest absolute Gasteiger partial charge is 0.344 e. The minimum absolute atomic E-state index is 0.00973. The predicted molar refractivity (Wildman–Crippen MR) is 119 cm³/mol. The van der Waals surface area contributed by atoms with Crippen LogP contribution in [-0.4, -0.2) is 51.7 Å². The number of amides is 3. The maximum absolute atomic E-state index is 12.2. The summed E-state index contributed by atoms with van der Waals surface area (Å²) in [4.78, 5) is 61.1. The summed E-state index contributed by atoms with van der Waals surface area (Å²) in [5, 5.41) is 7.72. The Labute approximate surface area is 185 Å². The first-order valence-electron chi connectivity index (χ1n) is 9.17. The molecule has 12 heteroatoms. The summed E-state index contributed by atoms with van der Waals surface area (Å²) in [5.41, 5.74) is 0.707. The van der Waals surface area contributed by atoms with E-state index in [0.29, 0.717) is 32.9 Å². The molecule has 0 radical (unpaired) electrons. The van der Waals surface area contributed by atoms with Gasteiger partial charge in [0.15, 0.2) is 10.3 Å². The van der Waals surface area contributed by atoms with Gasteiger partial charge in [-0.15, -0.1) is 11.3 Å². The summed E-state index contributed by atoms with van der Waals surface area (Å²) in [6, 6.07) is 2.98. The average molecular weight is 461 g/mol. The molecule has 0 aliphatic rings. The second kappa shape index (κ2) is 9.62. The van der Waals surface area contributed by atoms with E-state index in [-0.39, 0.29) is 23.8 Å². The summed E-state index contributed by atoms with van der Waals surface area (Å²) in [6.45, 7) is 1.72. The fourth-order valence-electron chi connectivity index (χ4n) is 2.52. The van der Waals surface area contributed by atoms with Crippen LogP contribution in [0, 0.1) is 6.92 Å². The zero-order chi connectivity index (χ0) is 22.5. The molecule has 3 aromatic heterocycles. The third-order valence-corrected chi connectivity index (χ3v) is 5.95. The van der Waals surface area contributed by atoms with E-state index < -0.39 is 11.5 Å². The zero-order valence-corrected chi connectivity index (χ0v) is 18.6. The van der Waals surface area contributed by atoms with Gasteiger partial charge in [0.2, 0.25) is 5.91 Å². The molecule has 10 nitrogen and oxygen atoms in total. The van der Waals surface area contributed by atoms with Crippen LogP contribution < -0.4 is 16.2 Å². The molecule has 0 bridgehead atoms. The van der Waals surface area contributed by atoms with Crippen LogP contribution in [-0.2, 0) is 11.2 Å². The Bertz CT molecular complexity index is 1180. The molecule has 0 spiro atoms. The van der Waals surface area contributed by atoms with Crippen molar-refractivity contribution in [1.82, 2.24) is 19.9 Å². The van der Waals surface area contributed by atoms with Crippen LogP contribution in [0.1, 0.15) is 37.8 Å². The third kappa shape index (κ3) is 5.61. The van der Waals surface area contributed by atoms with Gasteiger partial charge in [-0.25, -0.2) is 9.97 Å². The molecule has 0 saturated heterocycles. The fourth-order valence-corrected chi connectivity index (χ4v) is 4.26. The van der Waals surface area contributed by atoms with Gasteiger partial charge in [0.05, 0.1) is 11.4 Å². The van der Waals surface area contributed by atoms with Crippen LogP contribution in [0.25, 0.3) is 0 Å². The number of nitrogens with one attached hydrogen (secondary N) is 3. The molecule has 0 aliphatic carbocycles. The molecule has 3 heterocycles. The Kier molecular flexibility index (Phi) is 6.92. The van der Waals surface area contributed by atoms with Crippen molar-refractivity contribution in [2.45, 2.75) is 19.8 Å². The molecule has 0 aromatic carbocycles. The molecule has 0 saturated carbocycles. The Morgan fingerprint density at radius 2 is 1.94 bits per heavy atom. The lowest BCUT2D eigenvalue weighted by molar-refractivity contribution is -0.116. The number of aromatic amines is 1. The van der Waals surface area contributed by atoms with Crippen molar-refractivity contribution in [3.05, 3.63) is 55.9 Å². The van der Waals surface area contributed by atoms with Gasteiger partial charge in [0.25, 0.3) is 17.4 Å². The lowest BCUT2D eigenvalue weighted by atomic mass is 10.2. The number of hydrogen-bond donors (Lipinski definition) is 3. The van der Waals surface area contributed by atoms with E-state index in [9.17, 15) is 19.2 Å². The Morgan fingerprint density at radius 3 is 2.65 bits per heavy atom. The molecule has 0 atom stereocenters. The lowest BCUT2D eigenvalue weighted by Gasteiger charge is -2.07. The Balaban J connectivity index is 1.54. The normalized spacial score (nSPS) is 10.5. The number of pyridine rings is 1. The molecule has 0 aliphatic heterocycles. The highest BCUT2D eigenvalue weighted by atomic mass is 32.1. The lowest BCUT2D eigenvalue weighted by Crippen LogP contribution is -2.22. The van der Waals surface area contributed by atoms with Crippen LogP contribution in [0.4, 0.5) is 10.3 Å². The molecule has 0 fully saturated rings. The van der Waals surface area contributed by atoms with Crippen molar-refractivity contribution >= 4 is 50.7 Å². The number of H-pyrrole nitrogens is 1. The molecular weight excluding hydrogens is 440 g/mol. The standard InChI is InChI=1S/C19H20N6O4S2/c1-10-14(17(29)25(2)3)31-19(21-10)23-13(26)7-6-11-9-30-18(22-11)24-16(28)12-5-4-8-20-15(12)27/h4-5,8-9H,6-7H2,1-3H3,(H,20,27)(H,21,23,26)(H,22,24,28). The minimum Gasteiger partial charge on any atom is -0.344 e. The number of carbonyl (C=O) groups is 3. The highest BCUT2D eigenvalue weighted by Crippen LogP contribution is 2.24. The highest BCUT2D eigenvalue weighted by Gasteiger charge is 2.18. The van der Waals surface area contributed by atoms with Crippen LogP contribution >= 0.6 is 22.7 Å². The second-order valence-corrected chi connectivity index (χ2v) is 8.55. The number of hydrogen-bond acceptors (Lipinski definition) is 8. The van der Waals surface area contributed by atoms with E-state index in [1.165, 1.54) is 28.5 Å². The van der Waals surface area contributed by atoms with E-state index in [4.69, 9.17) is 0 Å². The SMILES string of the molecule is Cc1nc(NC(=O)CCc2csc(NC(=O)c3ccc[nH]c3=O)n2)sc1C(=O)N(C)C. The Morgan fingerprint density at radius 1 is 1.16 bits per heavy atom. The number of nitrogens with zero attached hydrogens (tertiary/aromatic N) is 3. The van der Waals surface area contributed by atoms with Gasteiger partial charge in [-0.1, -0.05) is 11.3 Å². The van der Waals surface area contributed by atoms with Gasteiger partial charge in [-0.2, -0.15) is 0 Å². The summed E-state index contributed by atoms with van der Waals surface area (Å²) >= 11 is 2.34. The molecular formula is C19H20N6O4S2. The number of aryl methyl sites for hydroxylation is 2. The van der Waals surface area contributed by atoms with Gasteiger partial charge in [0, 0.05) is 32.1 Å². The third-order valence-electron chi connectivity index (χ3n) is 4.09. The zero-order valence-electron chi connectivity index (χ0n) is 17.0. The van der Waals surface area contributed by atoms with Crippen LogP contribution in [0.2, 0.25) is 0 Å². The van der Waals surface area contributed by atoms with Crippen molar-refractivity contribution in [2.75, 3.05) is 24.7 Å². The highest BCUT2D eigenvalue weighted by molar-refractivity contribution is 7.17. The molecule has 0 unspecified atom stereocenters. The summed E-state index contributed by atoms with van der Waals surface area (Å²) in [7, 11) is 3.31. The topological polar surface area (TPSA) is 137 Å². The monoisotopic (exact) mass is 460 g/mol. The number of anilines is 2. The van der Waals surface area contributed by atoms with Gasteiger partial charge in [0.1, 0.15) is 10.4 Å². The first-order chi connectivity index (χ1) is 14.7. The summed E-state index contributed by atoms with van der Waals surface area (Å²) in [5.74, 6) is -0.972. The van der Waals surface area contributed by atoms with Gasteiger partial charge in [-0.3, -0.25) is 24.5 Å².